The number of hydrogen-bond acceptors (Lipinski definition) is 6. The molecule has 44 heavy (non-hydrogen) atoms. The molecule has 2 heterocycles. The lowest BCUT2D eigenvalue weighted by molar-refractivity contribution is 0.0964. The van der Waals surface area contributed by atoms with Crippen LogP contribution in [0.4, 0.5) is 10.1 Å². The van der Waals surface area contributed by atoms with Gasteiger partial charge in [0.05, 0.1) is 17.5 Å². The van der Waals surface area contributed by atoms with Gasteiger partial charge in [0.25, 0.3) is 5.91 Å². The number of rotatable bonds is 6. The summed E-state index contributed by atoms with van der Waals surface area (Å²) >= 11 is 6.30. The zero-order valence-corrected chi connectivity index (χ0v) is 25.6. The van der Waals surface area contributed by atoms with Crippen molar-refractivity contribution in [3.63, 3.8) is 0 Å². The fourth-order valence-electron chi connectivity index (χ4n) is 5.12. The van der Waals surface area contributed by atoms with Gasteiger partial charge >= 0.3 is 0 Å². The molecule has 0 radical (unpaired) electrons. The highest BCUT2D eigenvalue weighted by molar-refractivity contribution is 7.92. The van der Waals surface area contributed by atoms with E-state index in [0.717, 1.165) is 23.4 Å². The average molecular weight is 632 g/mol. The Morgan fingerprint density at radius 1 is 1.00 bits per heavy atom. The number of hydrogen-bond donors (Lipinski definition) is 1. The number of oxazole rings is 1. The molecule has 0 unspecified atom stereocenters. The molecule has 6 rings (SSSR count). The Morgan fingerprint density at radius 3 is 2.45 bits per heavy atom. The molecule has 1 aliphatic carbocycles. The van der Waals surface area contributed by atoms with Crippen LogP contribution in [-0.2, 0) is 10.0 Å². The molecule has 8 nitrogen and oxygen atoms in total. The van der Waals surface area contributed by atoms with Crippen LogP contribution in [0.3, 0.4) is 0 Å². The third-order valence-electron chi connectivity index (χ3n) is 7.42. The lowest BCUT2D eigenvalue weighted by Gasteiger charge is -2.21. The summed E-state index contributed by atoms with van der Waals surface area (Å²) in [6.07, 6.45) is 8.31. The number of benzene rings is 3. The maximum atomic E-state index is 13.7. The van der Waals surface area contributed by atoms with Crippen LogP contribution in [0.1, 0.15) is 23.2 Å². The van der Waals surface area contributed by atoms with Crippen molar-refractivity contribution >= 4 is 56.3 Å². The van der Waals surface area contributed by atoms with Gasteiger partial charge < -0.3 is 14.2 Å². The summed E-state index contributed by atoms with van der Waals surface area (Å²) < 4.78 is 52.6. The molecule has 1 aliphatic rings. The van der Waals surface area contributed by atoms with Crippen LogP contribution in [0, 0.1) is 5.82 Å². The number of anilines is 1. The highest BCUT2D eigenvalue weighted by Crippen LogP contribution is 2.41. The van der Waals surface area contributed by atoms with Gasteiger partial charge in [-0.3, -0.25) is 9.10 Å². The molecule has 0 aliphatic heterocycles. The summed E-state index contributed by atoms with van der Waals surface area (Å²) in [5.41, 5.74) is 3.74. The van der Waals surface area contributed by atoms with Gasteiger partial charge in [-0.25, -0.2) is 17.8 Å². The number of fused-ring (bicyclic) bond motifs is 2. The van der Waals surface area contributed by atoms with E-state index in [1.54, 1.807) is 18.2 Å². The second kappa shape index (κ2) is 11.4. The lowest BCUT2D eigenvalue weighted by atomic mass is 9.97. The first kappa shape index (κ1) is 29.4. The van der Waals surface area contributed by atoms with Crippen LogP contribution >= 0.6 is 11.6 Å². The Labute approximate surface area is 257 Å². The van der Waals surface area contributed by atoms with Gasteiger partial charge in [-0.15, -0.1) is 0 Å². The topological polar surface area (TPSA) is 106 Å². The van der Waals surface area contributed by atoms with E-state index in [4.69, 9.17) is 20.4 Å². The Balaban J connectivity index is 1.59. The number of carbonyl (C=O) groups is 1. The van der Waals surface area contributed by atoms with Gasteiger partial charge in [0, 0.05) is 53.3 Å². The Morgan fingerprint density at radius 2 is 1.73 bits per heavy atom. The summed E-state index contributed by atoms with van der Waals surface area (Å²) in [7, 11) is -0.747. The number of furan rings is 1. The third-order valence-corrected chi connectivity index (χ3v) is 8.87. The van der Waals surface area contributed by atoms with Crippen molar-refractivity contribution in [3.05, 3.63) is 93.9 Å². The number of carbonyl (C=O) groups excluding carboxylic acids is 1. The molecule has 0 saturated carbocycles. The number of allylic oxidation sites excluding steroid dienone is 2. The maximum Gasteiger partial charge on any atom is 0.255 e. The lowest BCUT2D eigenvalue weighted by Crippen LogP contribution is -2.25. The molecular weight excluding hydrogens is 605 g/mol. The van der Waals surface area contributed by atoms with Gasteiger partial charge in [0.2, 0.25) is 15.9 Å². The molecule has 2 aromatic heterocycles. The second-order valence-electron chi connectivity index (χ2n) is 10.4. The van der Waals surface area contributed by atoms with Gasteiger partial charge in [-0.05, 0) is 60.9 Å². The summed E-state index contributed by atoms with van der Waals surface area (Å²) in [6.45, 7) is 0. The standard InChI is InChI=1S/C33H27ClFN3O5S/c1-36-32(39)30-25-17-24(20-7-6-8-21(15-20)33-37-26-10-5-4-9-22(34)16-29(26)43-33)27(38(2)44(3,40)41)18-28(25)42-31(30)19-11-13-23(35)14-12-19/h6-18H,4-5H2,1-3H3,(H,36,39). The molecule has 3 aromatic carbocycles. The van der Waals surface area contributed by atoms with Crippen molar-refractivity contribution in [1.29, 1.82) is 0 Å². The van der Waals surface area contributed by atoms with Gasteiger partial charge in [0.15, 0.2) is 5.42 Å². The van der Waals surface area contributed by atoms with E-state index >= 15 is 0 Å². The predicted molar refractivity (Wildman–Crippen MR) is 171 cm³/mol. The van der Waals surface area contributed by atoms with E-state index in [9.17, 15) is 17.6 Å². The first-order valence-electron chi connectivity index (χ1n) is 13.7. The van der Waals surface area contributed by atoms with Crippen molar-refractivity contribution in [2.24, 2.45) is 0 Å². The molecule has 1 amide bonds. The fraction of sp³-hybridized carbons (Fsp3) is 0.152. The molecule has 0 bridgehead atoms. The zero-order valence-electron chi connectivity index (χ0n) is 24.0. The molecule has 0 saturated heterocycles. The summed E-state index contributed by atoms with van der Waals surface area (Å²) in [4.78, 5) is 17.9. The Kier molecular flexibility index (Phi) is 7.65. The molecular formula is C33H27ClFN3O5S. The van der Waals surface area contributed by atoms with E-state index in [2.05, 4.69) is 10.3 Å². The number of amides is 1. The smallest absolute Gasteiger partial charge is 0.255 e. The van der Waals surface area contributed by atoms with E-state index in [1.807, 2.05) is 36.4 Å². The van der Waals surface area contributed by atoms with E-state index in [-0.39, 0.29) is 16.9 Å². The van der Waals surface area contributed by atoms with Gasteiger partial charge in [-0.1, -0.05) is 35.9 Å². The highest BCUT2D eigenvalue weighted by Gasteiger charge is 2.26. The van der Waals surface area contributed by atoms with Crippen molar-refractivity contribution in [2.45, 2.75) is 12.8 Å². The first-order valence-corrected chi connectivity index (χ1v) is 15.9. The normalized spacial score (nSPS) is 13.2. The van der Waals surface area contributed by atoms with Crippen LogP contribution in [0.5, 0.6) is 0 Å². The predicted octanol–water partition coefficient (Wildman–Crippen LogP) is 5.79. The van der Waals surface area contributed by atoms with Crippen LogP contribution in [0.15, 0.2) is 80.6 Å². The minimum atomic E-state index is -3.70. The first-order chi connectivity index (χ1) is 21.0. The monoisotopic (exact) mass is 631 g/mol. The average Bonchev–Trinajstić information content (AvgIpc) is 3.57. The number of nitrogens with zero attached hydrogens (tertiary/aromatic N) is 2. The van der Waals surface area contributed by atoms with E-state index in [1.165, 1.54) is 38.4 Å². The SMILES string of the molecule is CNC(=O)c1c(-c2ccc(F)cc2)oc2cc(N(C)S(C)(=O)=O)c(-c3cccc(-c4nc5c(o4)=CC(Cl)=CCCC=5)c3)cc12. The number of nitrogens with one attached hydrogen (secondary N) is 1. The summed E-state index contributed by atoms with van der Waals surface area (Å²) in [6, 6.07) is 16.3. The fourth-order valence-corrected chi connectivity index (χ4v) is 5.84. The summed E-state index contributed by atoms with van der Waals surface area (Å²) in [5, 5.41) is 4.37. The summed E-state index contributed by atoms with van der Waals surface area (Å²) in [5.74, 6) is -0.235. The molecule has 224 valence electrons. The number of aromatic nitrogens is 1. The maximum absolute atomic E-state index is 13.7. The molecule has 1 N–H and O–H groups in total. The van der Waals surface area contributed by atoms with E-state index in [0.29, 0.717) is 55.0 Å². The van der Waals surface area contributed by atoms with Crippen LogP contribution in [-0.4, -0.2) is 39.7 Å². The van der Waals surface area contributed by atoms with Crippen LogP contribution < -0.4 is 20.4 Å². The van der Waals surface area contributed by atoms with Gasteiger partial charge in [-0.2, -0.15) is 0 Å². The number of sulfonamides is 1. The molecule has 0 atom stereocenters. The van der Waals surface area contributed by atoms with Crippen molar-refractivity contribution < 1.29 is 26.4 Å². The largest absolute Gasteiger partial charge is 0.455 e. The Bertz CT molecular complexity index is 2200. The van der Waals surface area contributed by atoms with Crippen LogP contribution in [0.2, 0.25) is 0 Å². The molecule has 0 fully saturated rings. The second-order valence-corrected chi connectivity index (χ2v) is 12.8. The van der Waals surface area contributed by atoms with E-state index < -0.39 is 21.7 Å². The van der Waals surface area contributed by atoms with Gasteiger partial charge in [0.1, 0.15) is 22.5 Å². The van der Waals surface area contributed by atoms with Crippen LogP contribution in [0.25, 0.3) is 57.0 Å². The number of halogens is 2. The third kappa shape index (κ3) is 5.54. The molecule has 0 spiro atoms. The highest BCUT2D eigenvalue weighted by atomic mass is 35.5. The van der Waals surface area contributed by atoms with Crippen molar-refractivity contribution in [1.82, 2.24) is 10.3 Å². The quantitative estimate of drug-likeness (QED) is 0.254. The van der Waals surface area contributed by atoms with Crippen molar-refractivity contribution in [2.75, 3.05) is 24.7 Å². The van der Waals surface area contributed by atoms with Crippen molar-refractivity contribution in [3.8, 4) is 33.9 Å². The zero-order chi connectivity index (χ0) is 31.2. The Hall–Kier alpha value is -4.67. The minimum absolute atomic E-state index is 0.232. The minimum Gasteiger partial charge on any atom is -0.455 e. The molecule has 5 aromatic rings. The molecule has 11 heteroatoms.